The maximum Gasteiger partial charge on any atom is 0.270 e. The van der Waals surface area contributed by atoms with Crippen molar-refractivity contribution in [3.8, 4) is 11.3 Å². The second-order valence-electron chi connectivity index (χ2n) is 9.04. The molecule has 0 bridgehead atoms. The molecule has 1 saturated heterocycles. The Morgan fingerprint density at radius 2 is 2.00 bits per heavy atom. The van der Waals surface area contributed by atoms with Crippen LogP contribution in [0.1, 0.15) is 38.8 Å². The normalized spacial score (nSPS) is 21.0. The number of rotatable bonds is 5. The van der Waals surface area contributed by atoms with Gasteiger partial charge in [-0.3, -0.25) is 14.0 Å². The van der Waals surface area contributed by atoms with Gasteiger partial charge in [-0.1, -0.05) is 30.3 Å². The van der Waals surface area contributed by atoms with Crippen LogP contribution in [0.2, 0.25) is 0 Å². The molecule has 4 aromatic rings. The minimum absolute atomic E-state index is 0.0439. The number of amides is 2. The lowest BCUT2D eigenvalue weighted by Crippen LogP contribution is -2.46. The van der Waals surface area contributed by atoms with Gasteiger partial charge in [0.2, 0.25) is 0 Å². The SMILES string of the molecule is Cc1ncc(C(=O)N2C[C@@H]3C[C@@H]3[C@H]2CNC(=O)c2c(C)nc3sccn23)c(-c2ccccc2)n1. The second kappa shape index (κ2) is 8.02. The molecule has 9 heteroatoms. The molecule has 0 radical (unpaired) electrons. The molecular weight excluding hydrogens is 448 g/mol. The van der Waals surface area contributed by atoms with Crippen LogP contribution >= 0.6 is 11.3 Å². The van der Waals surface area contributed by atoms with Crippen molar-refractivity contribution in [1.29, 1.82) is 0 Å². The quantitative estimate of drug-likeness (QED) is 0.481. The summed E-state index contributed by atoms with van der Waals surface area (Å²) >= 11 is 1.50. The van der Waals surface area contributed by atoms with Crippen molar-refractivity contribution in [3.05, 3.63) is 70.9 Å². The molecule has 2 amide bonds. The van der Waals surface area contributed by atoms with E-state index in [1.54, 1.807) is 6.20 Å². The summed E-state index contributed by atoms with van der Waals surface area (Å²) in [6.45, 7) is 4.79. The Hall–Kier alpha value is -3.59. The molecular formula is C25H24N6O2S. The van der Waals surface area contributed by atoms with Crippen molar-refractivity contribution < 1.29 is 9.59 Å². The summed E-state index contributed by atoms with van der Waals surface area (Å²) in [5, 5.41) is 4.99. The molecule has 6 rings (SSSR count). The standard InChI is InChI=1S/C25H24N6O2S/c1-14-22(30-8-9-34-25(30)28-14)23(32)27-12-20-18-10-17(18)13-31(20)24(33)19-11-26-15(2)29-21(19)16-6-4-3-5-7-16/h3-9,11,17-18,20H,10,12-13H2,1-2H3,(H,27,32)/t17-,18-,20+/m0/s1. The number of thiazole rings is 1. The van der Waals surface area contributed by atoms with Gasteiger partial charge in [0.1, 0.15) is 11.5 Å². The molecule has 34 heavy (non-hydrogen) atoms. The first-order valence-electron chi connectivity index (χ1n) is 11.4. The van der Waals surface area contributed by atoms with Crippen LogP contribution < -0.4 is 5.32 Å². The van der Waals surface area contributed by atoms with Crippen molar-refractivity contribution in [2.45, 2.75) is 26.3 Å². The number of nitrogens with one attached hydrogen (secondary N) is 1. The number of imidazole rings is 1. The van der Waals surface area contributed by atoms with Gasteiger partial charge in [-0.2, -0.15) is 0 Å². The lowest BCUT2D eigenvalue weighted by Gasteiger charge is -2.28. The molecule has 1 saturated carbocycles. The zero-order valence-electron chi connectivity index (χ0n) is 18.9. The van der Waals surface area contributed by atoms with Gasteiger partial charge in [0.05, 0.1) is 23.0 Å². The molecule has 0 spiro atoms. The maximum atomic E-state index is 13.7. The van der Waals surface area contributed by atoms with E-state index in [4.69, 9.17) is 0 Å². The molecule has 2 fully saturated rings. The highest BCUT2D eigenvalue weighted by Gasteiger charge is 2.54. The Morgan fingerprint density at radius 3 is 2.82 bits per heavy atom. The largest absolute Gasteiger partial charge is 0.349 e. The zero-order valence-corrected chi connectivity index (χ0v) is 19.7. The predicted molar refractivity (Wildman–Crippen MR) is 129 cm³/mol. The Labute approximate surface area is 200 Å². The number of hydrogen-bond donors (Lipinski definition) is 1. The van der Waals surface area contributed by atoms with Gasteiger partial charge in [-0.05, 0) is 32.1 Å². The van der Waals surface area contributed by atoms with Gasteiger partial charge < -0.3 is 10.2 Å². The second-order valence-corrected chi connectivity index (χ2v) is 9.91. The number of piperidine rings is 1. The van der Waals surface area contributed by atoms with Crippen molar-refractivity contribution in [1.82, 2.24) is 29.6 Å². The van der Waals surface area contributed by atoms with Crippen molar-refractivity contribution in [2.24, 2.45) is 11.8 Å². The molecule has 172 valence electrons. The number of aromatic nitrogens is 4. The molecule has 1 aliphatic heterocycles. The van der Waals surface area contributed by atoms with E-state index in [1.807, 2.05) is 65.1 Å². The number of likely N-dealkylation sites (tertiary alicyclic amines) is 1. The van der Waals surface area contributed by atoms with Crippen molar-refractivity contribution >= 4 is 28.1 Å². The van der Waals surface area contributed by atoms with E-state index in [2.05, 4.69) is 20.3 Å². The number of carbonyl (C=O) groups excluding carboxylic acids is 2. The summed E-state index contributed by atoms with van der Waals surface area (Å²) < 4.78 is 1.82. The van der Waals surface area contributed by atoms with Crippen LogP contribution in [0.25, 0.3) is 16.2 Å². The van der Waals surface area contributed by atoms with E-state index < -0.39 is 0 Å². The molecule has 8 nitrogen and oxygen atoms in total. The number of fused-ring (bicyclic) bond motifs is 2. The summed E-state index contributed by atoms with van der Waals surface area (Å²) in [6, 6.07) is 9.68. The van der Waals surface area contributed by atoms with Crippen LogP contribution in [-0.2, 0) is 0 Å². The van der Waals surface area contributed by atoms with Gasteiger partial charge in [-0.25, -0.2) is 15.0 Å². The average molecular weight is 473 g/mol. The summed E-state index contributed by atoms with van der Waals surface area (Å²) in [5.74, 6) is 1.30. The highest BCUT2D eigenvalue weighted by atomic mass is 32.1. The van der Waals surface area contributed by atoms with Crippen LogP contribution in [-0.4, -0.2) is 55.2 Å². The Kier molecular flexibility index (Phi) is 4.95. The number of aryl methyl sites for hydroxylation is 2. The topological polar surface area (TPSA) is 92.5 Å². The lowest BCUT2D eigenvalue weighted by molar-refractivity contribution is 0.0694. The minimum Gasteiger partial charge on any atom is -0.349 e. The summed E-state index contributed by atoms with van der Waals surface area (Å²) in [4.78, 5) is 42.9. The van der Waals surface area contributed by atoms with E-state index in [0.717, 1.165) is 16.9 Å². The molecule has 3 aromatic heterocycles. The van der Waals surface area contributed by atoms with Gasteiger partial charge in [0.25, 0.3) is 11.8 Å². The Balaban J connectivity index is 1.25. The average Bonchev–Trinajstić information content (AvgIpc) is 3.14. The monoisotopic (exact) mass is 472 g/mol. The Morgan fingerprint density at radius 1 is 1.18 bits per heavy atom. The Bertz CT molecular complexity index is 1410. The first kappa shape index (κ1) is 21.0. The molecule has 1 aliphatic carbocycles. The van der Waals surface area contributed by atoms with Gasteiger partial charge in [0, 0.05) is 36.4 Å². The number of nitrogens with zero attached hydrogens (tertiary/aromatic N) is 5. The summed E-state index contributed by atoms with van der Waals surface area (Å²) in [5.41, 5.74) is 3.30. The number of carbonyl (C=O) groups is 2. The fraction of sp³-hybridized carbons (Fsp3) is 0.320. The van der Waals surface area contributed by atoms with Crippen LogP contribution in [0.5, 0.6) is 0 Å². The molecule has 3 atom stereocenters. The first-order chi connectivity index (χ1) is 16.5. The van der Waals surface area contributed by atoms with E-state index in [9.17, 15) is 9.59 Å². The van der Waals surface area contributed by atoms with Gasteiger partial charge in [-0.15, -0.1) is 11.3 Å². The van der Waals surface area contributed by atoms with E-state index in [1.165, 1.54) is 11.3 Å². The first-order valence-corrected chi connectivity index (χ1v) is 12.3. The maximum absolute atomic E-state index is 13.7. The van der Waals surface area contributed by atoms with Crippen LogP contribution in [0.3, 0.4) is 0 Å². The van der Waals surface area contributed by atoms with Gasteiger partial charge >= 0.3 is 0 Å². The summed E-state index contributed by atoms with van der Waals surface area (Å²) in [7, 11) is 0. The zero-order chi connectivity index (χ0) is 23.4. The van der Waals surface area contributed by atoms with Crippen molar-refractivity contribution in [3.63, 3.8) is 0 Å². The third-order valence-electron chi connectivity index (χ3n) is 6.87. The van der Waals surface area contributed by atoms with Gasteiger partial charge in [0.15, 0.2) is 4.96 Å². The lowest BCUT2D eigenvalue weighted by atomic mass is 10.0. The molecule has 2 aliphatic rings. The molecule has 1 aromatic carbocycles. The van der Waals surface area contributed by atoms with E-state index in [0.29, 0.717) is 53.4 Å². The predicted octanol–water partition coefficient (Wildman–Crippen LogP) is 3.36. The van der Waals surface area contributed by atoms with E-state index in [-0.39, 0.29) is 17.9 Å². The third-order valence-corrected chi connectivity index (χ3v) is 7.63. The highest BCUT2D eigenvalue weighted by molar-refractivity contribution is 7.15. The number of hydrogen-bond acceptors (Lipinski definition) is 6. The minimum atomic E-state index is -0.163. The highest BCUT2D eigenvalue weighted by Crippen LogP contribution is 2.49. The fourth-order valence-electron chi connectivity index (χ4n) is 5.11. The molecule has 1 N–H and O–H groups in total. The molecule has 0 unspecified atom stereocenters. The fourth-order valence-corrected chi connectivity index (χ4v) is 5.87. The van der Waals surface area contributed by atoms with Crippen LogP contribution in [0.15, 0.2) is 48.1 Å². The third kappa shape index (κ3) is 3.47. The van der Waals surface area contributed by atoms with Crippen LogP contribution in [0, 0.1) is 25.7 Å². The summed E-state index contributed by atoms with van der Waals surface area (Å²) in [6.07, 6.45) is 4.59. The molecule has 4 heterocycles. The number of benzene rings is 1. The van der Waals surface area contributed by atoms with E-state index >= 15 is 0 Å². The van der Waals surface area contributed by atoms with Crippen LogP contribution in [0.4, 0.5) is 0 Å². The van der Waals surface area contributed by atoms with Crippen molar-refractivity contribution in [2.75, 3.05) is 13.1 Å². The smallest absolute Gasteiger partial charge is 0.270 e.